The second-order valence-electron chi connectivity index (χ2n) is 5.48. The number of aryl methyl sites for hydroxylation is 2. The molecule has 0 spiro atoms. The van der Waals surface area contributed by atoms with Gasteiger partial charge in [0.15, 0.2) is 0 Å². The van der Waals surface area contributed by atoms with Gasteiger partial charge >= 0.3 is 5.97 Å². The molecule has 1 unspecified atom stereocenters. The molecule has 0 amide bonds. The van der Waals surface area contributed by atoms with E-state index in [2.05, 4.69) is 17.7 Å². The molecule has 0 aliphatic carbocycles. The predicted octanol–water partition coefficient (Wildman–Crippen LogP) is 2.74. The van der Waals surface area contributed by atoms with E-state index in [0.29, 0.717) is 13.0 Å². The fourth-order valence-electron chi connectivity index (χ4n) is 2.07. The summed E-state index contributed by atoms with van der Waals surface area (Å²) < 4.78 is 10.4. The lowest BCUT2D eigenvalue weighted by Gasteiger charge is -2.21. The zero-order chi connectivity index (χ0) is 15.2. The average Bonchev–Trinajstić information content (AvgIpc) is 2.39. The molecule has 2 N–H and O–H groups in total. The van der Waals surface area contributed by atoms with E-state index < -0.39 is 5.54 Å². The number of ether oxygens (including phenoxy) is 2. The van der Waals surface area contributed by atoms with E-state index in [1.54, 1.807) is 6.92 Å². The molecular formula is C16H25NO3. The number of carbonyl (C=O) groups is 1. The van der Waals surface area contributed by atoms with Crippen molar-refractivity contribution in [3.8, 4) is 5.75 Å². The molecule has 1 rings (SSSR count). The summed E-state index contributed by atoms with van der Waals surface area (Å²) in [5, 5.41) is 0. The SMILES string of the molecule is COC(=O)C(C)(N)CCCCOc1ccc(C)cc1C. The molecule has 1 atom stereocenters. The van der Waals surface area contributed by atoms with E-state index in [1.807, 2.05) is 19.1 Å². The van der Waals surface area contributed by atoms with Crippen molar-refractivity contribution in [3.63, 3.8) is 0 Å². The summed E-state index contributed by atoms with van der Waals surface area (Å²) in [5.41, 5.74) is 7.35. The van der Waals surface area contributed by atoms with Crippen molar-refractivity contribution in [2.75, 3.05) is 13.7 Å². The van der Waals surface area contributed by atoms with Gasteiger partial charge in [-0.1, -0.05) is 17.7 Å². The fourth-order valence-corrected chi connectivity index (χ4v) is 2.07. The lowest BCUT2D eigenvalue weighted by molar-refractivity contribution is -0.146. The largest absolute Gasteiger partial charge is 0.493 e. The van der Waals surface area contributed by atoms with Gasteiger partial charge in [0.25, 0.3) is 0 Å². The van der Waals surface area contributed by atoms with Crippen LogP contribution in [-0.2, 0) is 9.53 Å². The zero-order valence-corrected chi connectivity index (χ0v) is 12.9. The predicted molar refractivity (Wildman–Crippen MR) is 79.9 cm³/mol. The molecule has 4 nitrogen and oxygen atoms in total. The van der Waals surface area contributed by atoms with Gasteiger partial charge in [-0.2, -0.15) is 0 Å². The van der Waals surface area contributed by atoms with Crippen LogP contribution in [0.2, 0.25) is 0 Å². The quantitative estimate of drug-likeness (QED) is 0.616. The molecular weight excluding hydrogens is 254 g/mol. The van der Waals surface area contributed by atoms with Gasteiger partial charge in [-0.3, -0.25) is 4.79 Å². The van der Waals surface area contributed by atoms with Crippen molar-refractivity contribution in [2.24, 2.45) is 5.73 Å². The van der Waals surface area contributed by atoms with Gasteiger partial charge in [0.2, 0.25) is 0 Å². The minimum absolute atomic E-state index is 0.368. The second kappa shape index (κ2) is 7.29. The summed E-state index contributed by atoms with van der Waals surface area (Å²) in [6.07, 6.45) is 2.28. The Bertz CT molecular complexity index is 455. The highest BCUT2D eigenvalue weighted by Gasteiger charge is 2.28. The number of unbranched alkanes of at least 4 members (excludes halogenated alkanes) is 1. The van der Waals surface area contributed by atoms with Crippen LogP contribution in [0.3, 0.4) is 0 Å². The molecule has 0 aliphatic heterocycles. The highest BCUT2D eigenvalue weighted by atomic mass is 16.5. The van der Waals surface area contributed by atoms with E-state index >= 15 is 0 Å². The lowest BCUT2D eigenvalue weighted by Crippen LogP contribution is -2.45. The summed E-state index contributed by atoms with van der Waals surface area (Å²) in [6, 6.07) is 6.13. The van der Waals surface area contributed by atoms with Crippen LogP contribution < -0.4 is 10.5 Å². The third-order valence-corrected chi connectivity index (χ3v) is 3.33. The topological polar surface area (TPSA) is 61.5 Å². The number of esters is 1. The number of carbonyl (C=O) groups excluding carboxylic acids is 1. The van der Waals surface area contributed by atoms with Crippen molar-refractivity contribution in [1.29, 1.82) is 0 Å². The normalized spacial score (nSPS) is 13.7. The smallest absolute Gasteiger partial charge is 0.325 e. The molecule has 112 valence electrons. The van der Waals surface area contributed by atoms with Crippen molar-refractivity contribution >= 4 is 5.97 Å². The van der Waals surface area contributed by atoms with Gasteiger partial charge in [0.1, 0.15) is 11.3 Å². The highest BCUT2D eigenvalue weighted by Crippen LogP contribution is 2.19. The van der Waals surface area contributed by atoms with Gasteiger partial charge in [-0.05, 0) is 51.7 Å². The van der Waals surface area contributed by atoms with E-state index in [9.17, 15) is 4.79 Å². The summed E-state index contributed by atoms with van der Waals surface area (Å²) in [6.45, 7) is 6.42. The van der Waals surface area contributed by atoms with Crippen molar-refractivity contribution in [2.45, 2.75) is 45.6 Å². The van der Waals surface area contributed by atoms with Gasteiger partial charge in [-0.15, -0.1) is 0 Å². The van der Waals surface area contributed by atoms with Crippen LogP contribution >= 0.6 is 0 Å². The second-order valence-corrected chi connectivity index (χ2v) is 5.48. The molecule has 1 aromatic carbocycles. The number of hydrogen-bond donors (Lipinski definition) is 1. The summed E-state index contributed by atoms with van der Waals surface area (Å²) in [5.74, 6) is 0.548. The molecule has 20 heavy (non-hydrogen) atoms. The Hall–Kier alpha value is -1.55. The van der Waals surface area contributed by atoms with Crippen molar-refractivity contribution < 1.29 is 14.3 Å². The molecule has 0 saturated heterocycles. The van der Waals surface area contributed by atoms with Crippen LogP contribution in [0, 0.1) is 13.8 Å². The lowest BCUT2D eigenvalue weighted by atomic mass is 9.96. The molecule has 0 heterocycles. The van der Waals surface area contributed by atoms with Crippen LogP contribution in [0.4, 0.5) is 0 Å². The van der Waals surface area contributed by atoms with Crippen molar-refractivity contribution in [3.05, 3.63) is 29.3 Å². The molecule has 0 radical (unpaired) electrons. The minimum atomic E-state index is -0.908. The van der Waals surface area contributed by atoms with Gasteiger partial charge in [0, 0.05) is 0 Å². The van der Waals surface area contributed by atoms with E-state index in [0.717, 1.165) is 24.2 Å². The molecule has 1 aromatic rings. The molecule has 0 saturated carbocycles. The maximum Gasteiger partial charge on any atom is 0.325 e. The molecule has 0 aromatic heterocycles. The van der Waals surface area contributed by atoms with E-state index in [-0.39, 0.29) is 5.97 Å². The third-order valence-electron chi connectivity index (χ3n) is 3.33. The molecule has 0 bridgehead atoms. The maximum absolute atomic E-state index is 11.4. The van der Waals surface area contributed by atoms with Crippen LogP contribution in [0.25, 0.3) is 0 Å². The van der Waals surface area contributed by atoms with E-state index in [1.165, 1.54) is 12.7 Å². The minimum Gasteiger partial charge on any atom is -0.493 e. The Kier molecular flexibility index (Phi) is 6.02. The Morgan fingerprint density at radius 1 is 1.30 bits per heavy atom. The number of nitrogens with two attached hydrogens (primary N) is 1. The average molecular weight is 279 g/mol. The molecule has 4 heteroatoms. The first-order valence-corrected chi connectivity index (χ1v) is 6.94. The van der Waals surface area contributed by atoms with Crippen molar-refractivity contribution in [1.82, 2.24) is 0 Å². The first-order chi connectivity index (χ1) is 9.36. The van der Waals surface area contributed by atoms with Gasteiger partial charge in [0.05, 0.1) is 13.7 Å². The Labute approximate surface area is 121 Å². The maximum atomic E-state index is 11.4. The Morgan fingerprint density at radius 3 is 2.60 bits per heavy atom. The monoisotopic (exact) mass is 279 g/mol. The third kappa shape index (κ3) is 4.85. The highest BCUT2D eigenvalue weighted by molar-refractivity contribution is 5.79. The van der Waals surface area contributed by atoms with Crippen LogP contribution in [0.15, 0.2) is 18.2 Å². The van der Waals surface area contributed by atoms with E-state index in [4.69, 9.17) is 10.5 Å². The summed E-state index contributed by atoms with van der Waals surface area (Å²) in [4.78, 5) is 11.4. The number of rotatable bonds is 7. The van der Waals surface area contributed by atoms with Gasteiger partial charge in [-0.25, -0.2) is 0 Å². The first kappa shape index (κ1) is 16.5. The molecule has 0 aliphatic rings. The first-order valence-electron chi connectivity index (χ1n) is 6.94. The fraction of sp³-hybridized carbons (Fsp3) is 0.562. The van der Waals surface area contributed by atoms with Gasteiger partial charge < -0.3 is 15.2 Å². The Balaban J connectivity index is 2.30. The summed E-state index contributed by atoms with van der Waals surface area (Å²) >= 11 is 0. The van der Waals surface area contributed by atoms with Crippen LogP contribution in [0.5, 0.6) is 5.75 Å². The standard InChI is InChI=1S/C16H25NO3/c1-12-7-8-14(13(2)11-12)20-10-6-5-9-16(3,17)15(18)19-4/h7-8,11H,5-6,9-10,17H2,1-4H3. The number of benzene rings is 1. The molecule has 0 fully saturated rings. The number of hydrogen-bond acceptors (Lipinski definition) is 4. The Morgan fingerprint density at radius 2 is 2.00 bits per heavy atom. The zero-order valence-electron chi connectivity index (χ0n) is 12.9. The summed E-state index contributed by atoms with van der Waals surface area (Å²) in [7, 11) is 1.36. The van der Waals surface area contributed by atoms with Crippen LogP contribution in [0.1, 0.15) is 37.3 Å². The van der Waals surface area contributed by atoms with Crippen LogP contribution in [-0.4, -0.2) is 25.2 Å². The number of methoxy groups -OCH3 is 1.